The minimum Gasteiger partial charge on any atom is -0.595 e. The van der Waals surface area contributed by atoms with Gasteiger partial charge < -0.3 is 16.0 Å². The van der Waals surface area contributed by atoms with Gasteiger partial charge in [0.25, 0.3) is 0 Å². The van der Waals surface area contributed by atoms with Gasteiger partial charge in [0.2, 0.25) is 0 Å². The van der Waals surface area contributed by atoms with Gasteiger partial charge in [-0.15, -0.1) is 11.3 Å². The second-order valence-electron chi connectivity index (χ2n) is 4.50. The number of hydrogen-bond acceptors (Lipinski definition) is 6. The summed E-state index contributed by atoms with van der Waals surface area (Å²) >= 11 is 1.41. The maximum atomic E-state index is 10.9. The van der Waals surface area contributed by atoms with E-state index in [-0.39, 0.29) is 5.69 Å². The Morgan fingerprint density at radius 1 is 1.52 bits per heavy atom. The number of nitrogens with one attached hydrogen (secondary N) is 1. The average molecular weight is 309 g/mol. The topological polar surface area (TPSA) is 124 Å². The van der Waals surface area contributed by atoms with Gasteiger partial charge in [0.15, 0.2) is 5.69 Å². The molecule has 0 radical (unpaired) electrons. The Labute approximate surface area is 124 Å². The number of thiazole rings is 1. The zero-order valence-corrected chi connectivity index (χ0v) is 11.8. The van der Waals surface area contributed by atoms with Crippen molar-refractivity contribution in [2.24, 2.45) is 5.73 Å². The Balaban J connectivity index is 2.09. The molecule has 2 atom stereocenters. The van der Waals surface area contributed by atoms with Crippen LogP contribution < -0.4 is 11.0 Å². The summed E-state index contributed by atoms with van der Waals surface area (Å²) in [5.74, 6) is -1.03. The molecule has 0 spiro atoms. The van der Waals surface area contributed by atoms with E-state index >= 15 is 0 Å². The molecule has 0 saturated heterocycles. The summed E-state index contributed by atoms with van der Waals surface area (Å²) in [4.78, 5) is 15.0. The lowest BCUT2D eigenvalue weighted by atomic mass is 10.1. The zero-order chi connectivity index (χ0) is 15.4. The van der Waals surface area contributed by atoms with Crippen LogP contribution in [0.3, 0.4) is 0 Å². The maximum Gasteiger partial charge on any atom is 0.320 e. The van der Waals surface area contributed by atoms with Crippen LogP contribution in [0.1, 0.15) is 11.4 Å². The fourth-order valence-corrected chi connectivity index (χ4v) is 2.60. The molecule has 2 unspecified atom stereocenters. The molecule has 1 aromatic carbocycles. The van der Waals surface area contributed by atoms with Gasteiger partial charge >= 0.3 is 5.97 Å². The lowest BCUT2D eigenvalue weighted by Gasteiger charge is -2.11. The molecule has 0 saturated carbocycles. The predicted octanol–water partition coefficient (Wildman–Crippen LogP) is 0.558. The number of aromatic nitrogens is 1. The molecule has 21 heavy (non-hydrogen) atoms. The second-order valence-corrected chi connectivity index (χ2v) is 5.44. The first-order valence-corrected chi connectivity index (χ1v) is 7.12. The van der Waals surface area contributed by atoms with Crippen LogP contribution in [0.4, 0.5) is 5.69 Å². The Morgan fingerprint density at radius 2 is 2.29 bits per heavy atom. The summed E-state index contributed by atoms with van der Waals surface area (Å²) in [5, 5.41) is 30.3. The number of nitrogens with two attached hydrogens (primary N) is 1. The molecule has 5 N–H and O–H groups in total. The molecule has 0 fully saturated rings. The highest BCUT2D eigenvalue weighted by molar-refractivity contribution is 7.09. The first-order chi connectivity index (χ1) is 9.97. The molecular weight excluding hydrogens is 294 g/mol. The van der Waals surface area contributed by atoms with E-state index in [0.717, 1.165) is 10.6 Å². The van der Waals surface area contributed by atoms with Crippen LogP contribution in [0, 0.1) is 5.21 Å². The Morgan fingerprint density at radius 3 is 2.95 bits per heavy atom. The molecule has 2 aromatic rings. The molecule has 0 aliphatic carbocycles. The van der Waals surface area contributed by atoms with Gasteiger partial charge in [-0.05, 0) is 6.42 Å². The van der Waals surface area contributed by atoms with E-state index in [0.29, 0.717) is 18.5 Å². The summed E-state index contributed by atoms with van der Waals surface area (Å²) in [7, 11) is 0. The molecule has 0 aliphatic heterocycles. The van der Waals surface area contributed by atoms with E-state index < -0.39 is 17.2 Å². The molecule has 8 heteroatoms. The largest absolute Gasteiger partial charge is 0.595 e. The number of rotatable bonds is 6. The number of aryl methyl sites for hydroxylation is 1. The van der Waals surface area contributed by atoms with Crippen molar-refractivity contribution in [1.29, 1.82) is 0 Å². The van der Waals surface area contributed by atoms with Crippen molar-refractivity contribution < 1.29 is 20.3 Å². The van der Waals surface area contributed by atoms with Crippen LogP contribution in [0.2, 0.25) is 0 Å². The Bertz CT molecular complexity index is 629. The Kier molecular flexibility index (Phi) is 4.99. The average Bonchev–Trinajstić information content (AvgIpc) is 2.93. The first kappa shape index (κ1) is 15.5. The molecular formula is C13H15N3O4S. The number of aliphatic carboxylic acids is 1. The molecule has 0 bridgehead atoms. The van der Waals surface area contributed by atoms with E-state index in [1.54, 1.807) is 18.2 Å². The fourth-order valence-electron chi connectivity index (χ4n) is 1.77. The zero-order valence-electron chi connectivity index (χ0n) is 11.0. The second kappa shape index (κ2) is 6.74. The van der Waals surface area contributed by atoms with Crippen LogP contribution in [-0.4, -0.2) is 27.3 Å². The monoisotopic (exact) mass is 309 g/mol. The van der Waals surface area contributed by atoms with Crippen molar-refractivity contribution in [3.63, 3.8) is 0 Å². The lowest BCUT2D eigenvalue weighted by molar-refractivity contribution is -0.991. The highest BCUT2D eigenvalue weighted by atomic mass is 32.1. The molecule has 1 heterocycles. The summed E-state index contributed by atoms with van der Waals surface area (Å²) in [6.45, 7) is 0. The van der Waals surface area contributed by atoms with E-state index in [1.165, 1.54) is 17.4 Å². The number of carbonyl (C=O) groups is 1. The van der Waals surface area contributed by atoms with Gasteiger partial charge in [-0.25, -0.2) is 10.2 Å². The van der Waals surface area contributed by atoms with E-state index in [4.69, 9.17) is 16.0 Å². The third kappa shape index (κ3) is 4.06. The molecule has 2 rings (SSSR count). The quantitative estimate of drug-likeness (QED) is 0.578. The fraction of sp³-hybridized carbons (Fsp3) is 0.231. The number of carboxylic acids is 1. The van der Waals surface area contributed by atoms with Crippen molar-refractivity contribution in [2.75, 3.05) is 0 Å². The number of hydrogen-bond donors (Lipinski definition) is 4. The van der Waals surface area contributed by atoms with Crippen LogP contribution >= 0.6 is 11.3 Å². The van der Waals surface area contributed by atoms with Crippen molar-refractivity contribution in [2.45, 2.75) is 18.9 Å². The van der Waals surface area contributed by atoms with Crippen LogP contribution in [0.5, 0.6) is 0 Å². The summed E-state index contributed by atoms with van der Waals surface area (Å²) < 4.78 is 0. The first-order valence-electron chi connectivity index (χ1n) is 6.24. The molecule has 7 nitrogen and oxygen atoms in total. The molecule has 1 aromatic heterocycles. The summed E-state index contributed by atoms with van der Waals surface area (Å²) in [6.07, 6.45) is 0.800. The normalized spacial score (nSPS) is 13.9. The number of quaternary nitrogens is 1. The number of carboxylic acid groups (broad SMARTS) is 1. The van der Waals surface area contributed by atoms with Gasteiger partial charge in [-0.2, -0.15) is 5.23 Å². The third-order valence-electron chi connectivity index (χ3n) is 2.94. The van der Waals surface area contributed by atoms with E-state index in [9.17, 15) is 10.0 Å². The van der Waals surface area contributed by atoms with Crippen LogP contribution in [0.25, 0.3) is 11.3 Å². The third-order valence-corrected chi connectivity index (χ3v) is 3.85. The highest BCUT2D eigenvalue weighted by Crippen LogP contribution is 2.24. The molecule has 0 amide bonds. The smallest absolute Gasteiger partial charge is 0.320 e. The maximum absolute atomic E-state index is 10.9. The van der Waals surface area contributed by atoms with E-state index in [1.807, 2.05) is 5.38 Å². The van der Waals surface area contributed by atoms with Crippen LogP contribution in [-0.2, 0) is 11.2 Å². The lowest BCUT2D eigenvalue weighted by Crippen LogP contribution is -2.99. The highest BCUT2D eigenvalue weighted by Gasteiger charge is 2.13. The predicted molar refractivity (Wildman–Crippen MR) is 77.3 cm³/mol. The van der Waals surface area contributed by atoms with Gasteiger partial charge in [-0.3, -0.25) is 4.79 Å². The van der Waals surface area contributed by atoms with Gasteiger partial charge in [0.1, 0.15) is 6.04 Å². The molecule has 112 valence electrons. The van der Waals surface area contributed by atoms with Gasteiger partial charge in [0.05, 0.1) is 10.7 Å². The minimum atomic E-state index is -1.03. The summed E-state index contributed by atoms with van der Waals surface area (Å²) in [6, 6.07) is 5.63. The number of benzene rings is 1. The van der Waals surface area contributed by atoms with E-state index in [2.05, 4.69) is 4.98 Å². The SMILES string of the molecule is NC(CCc1nc(-c2cccc([NH+]([O-])O)c2)cs1)C(=O)O. The number of nitrogens with zero attached hydrogens (tertiary/aromatic N) is 1. The minimum absolute atomic E-state index is 0.204. The van der Waals surface area contributed by atoms with Crippen molar-refractivity contribution in [1.82, 2.24) is 4.98 Å². The van der Waals surface area contributed by atoms with Gasteiger partial charge in [-0.1, -0.05) is 12.1 Å². The molecule has 0 aliphatic rings. The standard InChI is InChI=1S/C13H15N3O4S/c14-10(13(17)18)4-5-12-15-11(7-21-12)8-2-1-3-9(6-8)16(19)20/h1-3,6-7,10,16,19H,4-5,14H2,(H,17,18). The summed E-state index contributed by atoms with van der Waals surface area (Å²) in [5.41, 5.74) is 7.06. The van der Waals surface area contributed by atoms with Crippen molar-refractivity contribution in [3.05, 3.63) is 39.9 Å². The van der Waals surface area contributed by atoms with Crippen LogP contribution in [0.15, 0.2) is 29.6 Å². The van der Waals surface area contributed by atoms with Crippen molar-refractivity contribution in [3.8, 4) is 11.3 Å². The van der Waals surface area contributed by atoms with Crippen molar-refractivity contribution >= 4 is 23.0 Å². The van der Waals surface area contributed by atoms with Gasteiger partial charge in [0, 0.05) is 29.5 Å². The Hall–Kier alpha value is -1.84.